The third-order valence-corrected chi connectivity index (χ3v) is 4.47. The summed E-state index contributed by atoms with van der Waals surface area (Å²) in [5, 5.41) is 4.58. The molecule has 2 rings (SSSR count). The van der Waals surface area contributed by atoms with E-state index in [-0.39, 0.29) is 5.91 Å². The Hall–Kier alpha value is -1.66. The number of methoxy groups -OCH3 is 1. The Morgan fingerprint density at radius 1 is 1.30 bits per heavy atom. The molecule has 1 aromatic carbocycles. The number of anilines is 1. The number of hydrogen-bond donors (Lipinski definition) is 1. The number of nitrogens with one attached hydrogen (secondary N) is 1. The van der Waals surface area contributed by atoms with Crippen LogP contribution in [0.15, 0.2) is 34.1 Å². The topological polar surface area (TPSA) is 55.4 Å². The Balaban J connectivity index is 2.31. The first-order valence-electron chi connectivity index (χ1n) is 5.77. The molecule has 0 bridgehead atoms. The summed E-state index contributed by atoms with van der Waals surface area (Å²) in [4.78, 5) is 24.3. The first-order valence-corrected chi connectivity index (χ1v) is 7.44. The maximum absolute atomic E-state index is 12.3. The minimum Gasteiger partial charge on any atom is -0.465 e. The van der Waals surface area contributed by atoms with Crippen LogP contribution in [0.2, 0.25) is 0 Å². The van der Waals surface area contributed by atoms with Gasteiger partial charge in [0.2, 0.25) is 0 Å². The first-order chi connectivity index (χ1) is 9.54. The van der Waals surface area contributed by atoms with Gasteiger partial charge in [-0.05, 0) is 45.9 Å². The van der Waals surface area contributed by atoms with Gasteiger partial charge >= 0.3 is 5.97 Å². The van der Waals surface area contributed by atoms with E-state index in [0.29, 0.717) is 20.6 Å². The Bertz CT molecular complexity index is 666. The first kappa shape index (κ1) is 14.7. The van der Waals surface area contributed by atoms with Gasteiger partial charge in [-0.3, -0.25) is 4.79 Å². The zero-order valence-electron chi connectivity index (χ0n) is 10.9. The number of halogens is 1. The van der Waals surface area contributed by atoms with Crippen molar-refractivity contribution in [1.29, 1.82) is 0 Å². The largest absolute Gasteiger partial charge is 0.465 e. The van der Waals surface area contributed by atoms with Crippen LogP contribution >= 0.6 is 27.3 Å². The molecule has 0 spiro atoms. The summed E-state index contributed by atoms with van der Waals surface area (Å²) in [6.45, 7) is 1.83. The Kier molecular flexibility index (Phi) is 4.57. The van der Waals surface area contributed by atoms with Gasteiger partial charge in [-0.2, -0.15) is 0 Å². The molecule has 2 aromatic rings. The van der Waals surface area contributed by atoms with Crippen molar-refractivity contribution in [2.45, 2.75) is 6.92 Å². The maximum Gasteiger partial charge on any atom is 0.350 e. The summed E-state index contributed by atoms with van der Waals surface area (Å²) >= 11 is 4.58. The molecular formula is C14H12BrNO3S. The lowest BCUT2D eigenvalue weighted by Gasteiger charge is -2.08. The normalized spacial score (nSPS) is 10.2. The molecule has 0 aliphatic carbocycles. The van der Waals surface area contributed by atoms with Crippen molar-refractivity contribution in [3.05, 3.63) is 50.1 Å². The number of carbonyl (C=O) groups is 2. The highest BCUT2D eigenvalue weighted by atomic mass is 79.9. The average Bonchev–Trinajstić information content (AvgIpc) is 2.80. The highest BCUT2D eigenvalue weighted by Crippen LogP contribution is 2.29. The van der Waals surface area contributed by atoms with E-state index in [1.54, 1.807) is 18.2 Å². The Morgan fingerprint density at radius 2 is 2.00 bits per heavy atom. The summed E-state index contributed by atoms with van der Waals surface area (Å²) in [5.74, 6) is -0.727. The summed E-state index contributed by atoms with van der Waals surface area (Å²) in [7, 11) is 1.32. The minimum absolute atomic E-state index is 0.274. The standard InChI is InChI=1S/C14H12BrNO3S/c1-8-7-20-12(14(18)19-2)11(8)16-13(17)9-5-3-4-6-10(9)15/h3-7H,1-2H3,(H,16,17). The van der Waals surface area contributed by atoms with E-state index in [4.69, 9.17) is 4.74 Å². The summed E-state index contributed by atoms with van der Waals surface area (Å²) in [6, 6.07) is 7.10. The van der Waals surface area contributed by atoms with E-state index in [1.165, 1.54) is 18.4 Å². The molecule has 1 N–H and O–H groups in total. The molecule has 1 aromatic heterocycles. The number of ether oxygens (including phenoxy) is 1. The lowest BCUT2D eigenvalue weighted by molar-refractivity contribution is 0.0607. The van der Waals surface area contributed by atoms with Crippen molar-refractivity contribution in [3.63, 3.8) is 0 Å². The molecule has 0 aliphatic rings. The van der Waals surface area contributed by atoms with E-state index in [2.05, 4.69) is 21.2 Å². The SMILES string of the molecule is COC(=O)c1scc(C)c1NC(=O)c1ccccc1Br. The molecule has 0 saturated carbocycles. The molecule has 0 saturated heterocycles. The van der Waals surface area contributed by atoms with Crippen LogP contribution in [0.5, 0.6) is 0 Å². The summed E-state index contributed by atoms with van der Waals surface area (Å²) in [5.41, 5.74) is 1.84. The fourth-order valence-corrected chi connectivity index (χ4v) is 3.06. The fourth-order valence-electron chi connectivity index (χ4n) is 1.67. The fraction of sp³-hybridized carbons (Fsp3) is 0.143. The predicted octanol–water partition coefficient (Wildman–Crippen LogP) is 3.86. The Labute approximate surface area is 128 Å². The second-order valence-corrected chi connectivity index (χ2v) is 5.78. The zero-order valence-corrected chi connectivity index (χ0v) is 13.3. The number of amides is 1. The highest BCUT2D eigenvalue weighted by Gasteiger charge is 2.19. The number of rotatable bonds is 3. The number of carbonyl (C=O) groups excluding carboxylic acids is 2. The third-order valence-electron chi connectivity index (χ3n) is 2.70. The van der Waals surface area contributed by atoms with Crippen molar-refractivity contribution < 1.29 is 14.3 Å². The number of benzene rings is 1. The van der Waals surface area contributed by atoms with Crippen LogP contribution in [-0.2, 0) is 4.74 Å². The van der Waals surface area contributed by atoms with E-state index < -0.39 is 5.97 Å². The van der Waals surface area contributed by atoms with Crippen LogP contribution in [0.4, 0.5) is 5.69 Å². The van der Waals surface area contributed by atoms with E-state index in [0.717, 1.165) is 5.56 Å². The van der Waals surface area contributed by atoms with Gasteiger partial charge in [0.1, 0.15) is 4.88 Å². The van der Waals surface area contributed by atoms with Crippen LogP contribution in [0.1, 0.15) is 25.6 Å². The monoisotopic (exact) mass is 353 g/mol. The summed E-state index contributed by atoms with van der Waals surface area (Å²) < 4.78 is 5.41. The zero-order chi connectivity index (χ0) is 14.7. The number of aryl methyl sites for hydroxylation is 1. The molecule has 104 valence electrons. The number of esters is 1. The molecule has 1 heterocycles. The summed E-state index contributed by atoms with van der Waals surface area (Å²) in [6.07, 6.45) is 0. The van der Waals surface area contributed by atoms with Gasteiger partial charge < -0.3 is 10.1 Å². The third kappa shape index (κ3) is 2.91. The van der Waals surface area contributed by atoms with Crippen molar-refractivity contribution >= 4 is 44.8 Å². The quantitative estimate of drug-likeness (QED) is 0.852. The highest BCUT2D eigenvalue weighted by molar-refractivity contribution is 9.10. The number of thiophene rings is 1. The van der Waals surface area contributed by atoms with Crippen LogP contribution in [0, 0.1) is 6.92 Å². The van der Waals surface area contributed by atoms with Gasteiger partial charge in [0.15, 0.2) is 0 Å². The van der Waals surface area contributed by atoms with Gasteiger partial charge in [0.25, 0.3) is 5.91 Å². The molecule has 0 atom stereocenters. The molecule has 20 heavy (non-hydrogen) atoms. The lowest BCUT2D eigenvalue weighted by Crippen LogP contribution is -2.15. The van der Waals surface area contributed by atoms with E-state index in [1.807, 2.05) is 18.4 Å². The lowest BCUT2D eigenvalue weighted by atomic mass is 10.2. The van der Waals surface area contributed by atoms with Crippen molar-refractivity contribution in [1.82, 2.24) is 0 Å². The van der Waals surface area contributed by atoms with Crippen LogP contribution in [0.3, 0.4) is 0 Å². The van der Waals surface area contributed by atoms with Gasteiger partial charge in [0, 0.05) is 4.47 Å². The maximum atomic E-state index is 12.3. The predicted molar refractivity (Wildman–Crippen MR) is 82.5 cm³/mol. The van der Waals surface area contributed by atoms with Crippen molar-refractivity contribution in [2.24, 2.45) is 0 Å². The molecule has 4 nitrogen and oxygen atoms in total. The molecule has 0 aliphatic heterocycles. The molecule has 1 amide bonds. The number of hydrogen-bond acceptors (Lipinski definition) is 4. The van der Waals surface area contributed by atoms with Gasteiger partial charge in [-0.1, -0.05) is 12.1 Å². The Morgan fingerprint density at radius 3 is 2.65 bits per heavy atom. The molecule has 0 fully saturated rings. The second-order valence-electron chi connectivity index (χ2n) is 4.05. The molecular weight excluding hydrogens is 342 g/mol. The second kappa shape index (κ2) is 6.19. The van der Waals surface area contributed by atoms with E-state index in [9.17, 15) is 9.59 Å². The van der Waals surface area contributed by atoms with Gasteiger partial charge in [-0.15, -0.1) is 11.3 Å². The smallest absolute Gasteiger partial charge is 0.350 e. The molecule has 6 heteroatoms. The van der Waals surface area contributed by atoms with Gasteiger partial charge in [-0.25, -0.2) is 4.79 Å². The van der Waals surface area contributed by atoms with Crippen LogP contribution in [-0.4, -0.2) is 19.0 Å². The van der Waals surface area contributed by atoms with Crippen LogP contribution < -0.4 is 5.32 Å². The van der Waals surface area contributed by atoms with Crippen molar-refractivity contribution in [2.75, 3.05) is 12.4 Å². The van der Waals surface area contributed by atoms with Crippen molar-refractivity contribution in [3.8, 4) is 0 Å². The molecule has 0 unspecified atom stereocenters. The average molecular weight is 354 g/mol. The van der Waals surface area contributed by atoms with E-state index >= 15 is 0 Å². The minimum atomic E-state index is -0.453. The van der Waals surface area contributed by atoms with Gasteiger partial charge in [0.05, 0.1) is 18.4 Å². The molecule has 0 radical (unpaired) electrons. The van der Waals surface area contributed by atoms with Crippen LogP contribution in [0.25, 0.3) is 0 Å².